The number of nitrogens with one attached hydrogen (secondary N) is 1. The Bertz CT molecular complexity index is 714. The van der Waals surface area contributed by atoms with E-state index in [0.29, 0.717) is 21.5 Å². The summed E-state index contributed by atoms with van der Waals surface area (Å²) in [4.78, 5) is 12.7. The Morgan fingerprint density at radius 3 is 2.52 bits per heavy atom. The van der Waals surface area contributed by atoms with Crippen LogP contribution in [0.25, 0.3) is 11.0 Å². The van der Waals surface area contributed by atoms with Gasteiger partial charge in [-0.3, -0.25) is 4.90 Å². The number of hydrogen-bond donors (Lipinski definition) is 1. The number of imidazole rings is 1. The summed E-state index contributed by atoms with van der Waals surface area (Å²) in [6.07, 6.45) is 2.53. The van der Waals surface area contributed by atoms with Crippen LogP contribution in [-0.4, -0.2) is 52.5 Å². The molecular formula is C19H28ClFN4. The van der Waals surface area contributed by atoms with E-state index in [1.54, 1.807) is 0 Å². The summed E-state index contributed by atoms with van der Waals surface area (Å²) in [6.45, 7) is 13.1. The predicted molar refractivity (Wildman–Crippen MR) is 101 cm³/mol. The van der Waals surface area contributed by atoms with Crippen molar-refractivity contribution in [3.8, 4) is 0 Å². The van der Waals surface area contributed by atoms with E-state index in [4.69, 9.17) is 11.6 Å². The Labute approximate surface area is 154 Å². The lowest BCUT2D eigenvalue weighted by atomic mass is 9.90. The number of halogens is 2. The quantitative estimate of drug-likeness (QED) is 0.856. The topological polar surface area (TPSA) is 35.2 Å². The fourth-order valence-corrected chi connectivity index (χ4v) is 3.63. The van der Waals surface area contributed by atoms with Crippen LogP contribution in [0, 0.1) is 11.2 Å². The third-order valence-corrected chi connectivity index (χ3v) is 5.08. The van der Waals surface area contributed by atoms with Crippen LogP contribution in [0.4, 0.5) is 4.39 Å². The molecule has 1 saturated heterocycles. The highest BCUT2D eigenvalue weighted by Gasteiger charge is 2.19. The van der Waals surface area contributed by atoms with Crippen molar-refractivity contribution in [2.24, 2.45) is 5.41 Å². The van der Waals surface area contributed by atoms with Crippen molar-refractivity contribution in [3.05, 3.63) is 28.8 Å². The van der Waals surface area contributed by atoms with E-state index in [0.717, 1.165) is 38.5 Å². The van der Waals surface area contributed by atoms with Crippen LogP contribution in [0.1, 0.15) is 39.4 Å². The Hall–Kier alpha value is -1.17. The molecule has 6 heteroatoms. The Morgan fingerprint density at radius 1 is 1.16 bits per heavy atom. The van der Waals surface area contributed by atoms with Crippen LogP contribution in [0.15, 0.2) is 12.1 Å². The van der Waals surface area contributed by atoms with E-state index in [9.17, 15) is 4.39 Å². The van der Waals surface area contributed by atoms with Gasteiger partial charge in [-0.1, -0.05) is 32.4 Å². The molecule has 0 radical (unpaired) electrons. The highest BCUT2D eigenvalue weighted by atomic mass is 35.5. The average molecular weight is 367 g/mol. The molecule has 25 heavy (non-hydrogen) atoms. The van der Waals surface area contributed by atoms with E-state index in [1.807, 2.05) is 0 Å². The molecule has 2 aromatic rings. The number of fused-ring (bicyclic) bond motifs is 1. The fraction of sp³-hybridized carbons (Fsp3) is 0.632. The van der Waals surface area contributed by atoms with E-state index in [1.165, 1.54) is 31.5 Å². The van der Waals surface area contributed by atoms with E-state index >= 15 is 0 Å². The number of rotatable bonds is 5. The van der Waals surface area contributed by atoms with Gasteiger partial charge in [0.25, 0.3) is 0 Å². The zero-order valence-corrected chi connectivity index (χ0v) is 16.2. The molecule has 0 amide bonds. The second kappa shape index (κ2) is 7.60. The van der Waals surface area contributed by atoms with Crippen LogP contribution < -0.4 is 0 Å². The fourth-order valence-electron chi connectivity index (χ4n) is 3.38. The molecule has 0 aliphatic carbocycles. The van der Waals surface area contributed by atoms with Gasteiger partial charge in [-0.15, -0.1) is 0 Å². The third kappa shape index (κ3) is 5.16. The molecule has 1 aliphatic heterocycles. The summed E-state index contributed by atoms with van der Waals surface area (Å²) in [5.74, 6) is 0.514. The zero-order chi connectivity index (χ0) is 18.0. The molecule has 0 spiro atoms. The van der Waals surface area contributed by atoms with Gasteiger partial charge in [0.15, 0.2) is 0 Å². The van der Waals surface area contributed by atoms with Crippen molar-refractivity contribution in [2.45, 2.75) is 40.2 Å². The minimum absolute atomic E-state index is 0.337. The zero-order valence-electron chi connectivity index (χ0n) is 15.4. The molecule has 0 bridgehead atoms. The predicted octanol–water partition coefficient (Wildman–Crippen LogP) is 4.30. The van der Waals surface area contributed by atoms with Crippen molar-refractivity contribution in [3.63, 3.8) is 0 Å². The van der Waals surface area contributed by atoms with Crippen molar-refractivity contribution in [1.29, 1.82) is 0 Å². The van der Waals surface area contributed by atoms with Gasteiger partial charge in [0, 0.05) is 26.2 Å². The number of aromatic nitrogens is 2. The van der Waals surface area contributed by atoms with Crippen molar-refractivity contribution in [2.75, 3.05) is 32.7 Å². The number of benzene rings is 1. The molecular weight excluding hydrogens is 339 g/mol. The number of piperazine rings is 1. The summed E-state index contributed by atoms with van der Waals surface area (Å²) in [5, 5.41) is 0.362. The van der Waals surface area contributed by atoms with E-state index < -0.39 is 0 Å². The largest absolute Gasteiger partial charge is 0.341 e. The second-order valence-corrected chi connectivity index (χ2v) is 8.66. The van der Waals surface area contributed by atoms with Gasteiger partial charge in [0.05, 0.1) is 17.1 Å². The smallest absolute Gasteiger partial charge is 0.126 e. The molecule has 1 aliphatic rings. The Balaban J connectivity index is 1.50. The molecule has 1 fully saturated rings. The maximum Gasteiger partial charge on any atom is 0.126 e. The first kappa shape index (κ1) is 18.6. The molecule has 0 atom stereocenters. The first-order valence-corrected chi connectivity index (χ1v) is 9.46. The van der Waals surface area contributed by atoms with Gasteiger partial charge >= 0.3 is 0 Å². The highest BCUT2D eigenvalue weighted by molar-refractivity contribution is 6.34. The molecule has 1 N–H and O–H groups in total. The molecule has 2 heterocycles. The van der Waals surface area contributed by atoms with Crippen LogP contribution in [0.5, 0.6) is 0 Å². The number of aromatic amines is 1. The third-order valence-electron chi connectivity index (χ3n) is 4.79. The van der Waals surface area contributed by atoms with Crippen molar-refractivity contribution < 1.29 is 4.39 Å². The number of nitrogens with zero attached hydrogens (tertiary/aromatic N) is 3. The first-order valence-electron chi connectivity index (χ1n) is 9.08. The van der Waals surface area contributed by atoms with Gasteiger partial charge in [0.1, 0.15) is 17.2 Å². The standard InChI is InChI=1S/C19H28ClFN4/c1-19(2,3)5-4-6-24-7-9-25(10-8-24)13-17-22-16-12-14(21)11-15(20)18(16)23-17/h11-12H,4-10,13H2,1-3H3,(H,22,23). The SMILES string of the molecule is CC(C)(C)CCCN1CCN(Cc2nc3c(Cl)cc(F)cc3[nH]2)CC1. The molecule has 3 rings (SSSR count). The molecule has 0 saturated carbocycles. The van der Waals surface area contributed by atoms with E-state index in [2.05, 4.69) is 40.5 Å². The van der Waals surface area contributed by atoms with Crippen LogP contribution in [0.2, 0.25) is 5.02 Å². The molecule has 4 nitrogen and oxygen atoms in total. The van der Waals surface area contributed by atoms with E-state index in [-0.39, 0.29) is 5.82 Å². The minimum atomic E-state index is -0.337. The minimum Gasteiger partial charge on any atom is -0.341 e. The van der Waals surface area contributed by atoms with Gasteiger partial charge in [-0.2, -0.15) is 0 Å². The van der Waals surface area contributed by atoms with Crippen molar-refractivity contribution in [1.82, 2.24) is 19.8 Å². The molecule has 1 aromatic carbocycles. The summed E-state index contributed by atoms with van der Waals surface area (Å²) in [5.41, 5.74) is 1.74. The summed E-state index contributed by atoms with van der Waals surface area (Å²) in [7, 11) is 0. The maximum atomic E-state index is 13.4. The van der Waals surface area contributed by atoms with Crippen molar-refractivity contribution >= 4 is 22.6 Å². The van der Waals surface area contributed by atoms with Gasteiger partial charge in [-0.25, -0.2) is 9.37 Å². The molecule has 0 unspecified atom stereocenters. The van der Waals surface area contributed by atoms with Crippen LogP contribution in [0.3, 0.4) is 0 Å². The van der Waals surface area contributed by atoms with Crippen LogP contribution >= 0.6 is 11.6 Å². The number of hydrogen-bond acceptors (Lipinski definition) is 3. The maximum absolute atomic E-state index is 13.4. The first-order chi connectivity index (χ1) is 11.8. The lowest BCUT2D eigenvalue weighted by Crippen LogP contribution is -2.46. The lowest BCUT2D eigenvalue weighted by molar-refractivity contribution is 0.121. The van der Waals surface area contributed by atoms with Gasteiger partial charge < -0.3 is 9.88 Å². The monoisotopic (exact) mass is 366 g/mol. The lowest BCUT2D eigenvalue weighted by Gasteiger charge is -2.34. The molecule has 1 aromatic heterocycles. The van der Waals surface area contributed by atoms with Crippen LogP contribution in [-0.2, 0) is 6.54 Å². The number of H-pyrrole nitrogens is 1. The summed E-state index contributed by atoms with van der Waals surface area (Å²) < 4.78 is 13.4. The molecule has 138 valence electrons. The normalized spacial score (nSPS) is 17.5. The highest BCUT2D eigenvalue weighted by Crippen LogP contribution is 2.24. The van der Waals surface area contributed by atoms with Gasteiger partial charge in [-0.05, 0) is 36.9 Å². The van der Waals surface area contributed by atoms with Gasteiger partial charge in [0.2, 0.25) is 0 Å². The second-order valence-electron chi connectivity index (χ2n) is 8.25. The Morgan fingerprint density at radius 2 is 1.84 bits per heavy atom. The average Bonchev–Trinajstić information content (AvgIpc) is 2.90. The summed E-state index contributed by atoms with van der Waals surface area (Å²) in [6, 6.07) is 2.76. The Kier molecular flexibility index (Phi) is 5.66. The summed E-state index contributed by atoms with van der Waals surface area (Å²) >= 11 is 6.08.